The molecule has 0 aromatic carbocycles. The van der Waals surface area contributed by atoms with Crippen LogP contribution in [0.4, 0.5) is 0 Å². The fraction of sp³-hybridized carbons (Fsp3) is 0.839. The minimum Gasteiger partial charge on any atom is -0.469 e. The second-order valence-electron chi connectivity index (χ2n) is 13.4. The molecule has 3 saturated carbocycles. The topological polar surface area (TPSA) is 46.5 Å². The molecule has 0 aromatic rings. The fourth-order valence-electron chi connectivity index (χ4n) is 9.42. The first-order valence-electron chi connectivity index (χ1n) is 13.8. The van der Waals surface area contributed by atoms with Gasteiger partial charge in [0.2, 0.25) is 0 Å². The number of fused-ring (bicyclic) bond motifs is 3. The van der Waals surface area contributed by atoms with E-state index < -0.39 is 5.60 Å². The number of aliphatic hydroxyl groups is 1. The van der Waals surface area contributed by atoms with E-state index in [1.54, 1.807) is 0 Å². The minimum atomic E-state index is -0.607. The highest BCUT2D eigenvalue weighted by Gasteiger charge is 2.67. The Balaban J connectivity index is 1.89. The normalized spacial score (nSPS) is 41.2. The van der Waals surface area contributed by atoms with Crippen molar-refractivity contribution in [2.75, 3.05) is 7.11 Å². The Hall–Kier alpha value is -1.09. The lowest BCUT2D eigenvalue weighted by atomic mass is 9.38. The average molecular weight is 473 g/mol. The third kappa shape index (κ3) is 4.56. The summed E-state index contributed by atoms with van der Waals surface area (Å²) in [6.07, 6.45) is 11.4. The Kier molecular flexibility index (Phi) is 7.89. The molecule has 3 rings (SSSR count). The summed E-state index contributed by atoms with van der Waals surface area (Å²) in [6, 6.07) is 0. The third-order valence-corrected chi connectivity index (χ3v) is 11.4. The van der Waals surface area contributed by atoms with Crippen LogP contribution in [-0.2, 0) is 9.53 Å². The van der Waals surface area contributed by atoms with Crippen LogP contribution in [0.1, 0.15) is 112 Å². The van der Waals surface area contributed by atoms with Crippen molar-refractivity contribution in [2.45, 2.75) is 118 Å². The van der Waals surface area contributed by atoms with E-state index in [-0.39, 0.29) is 22.2 Å². The third-order valence-electron chi connectivity index (χ3n) is 11.4. The fourth-order valence-corrected chi connectivity index (χ4v) is 9.42. The molecule has 3 fully saturated rings. The zero-order valence-electron chi connectivity index (χ0n) is 23.3. The van der Waals surface area contributed by atoms with E-state index in [2.05, 4.69) is 54.7 Å². The van der Waals surface area contributed by atoms with Gasteiger partial charge in [0.15, 0.2) is 0 Å². The molecule has 3 aliphatic carbocycles. The Morgan fingerprint density at radius 1 is 1.03 bits per heavy atom. The minimum absolute atomic E-state index is 0.0586. The largest absolute Gasteiger partial charge is 0.469 e. The summed E-state index contributed by atoms with van der Waals surface area (Å²) in [5.74, 6) is 1.87. The van der Waals surface area contributed by atoms with Crippen LogP contribution in [0, 0.1) is 39.9 Å². The van der Waals surface area contributed by atoms with E-state index in [1.165, 1.54) is 43.9 Å². The van der Waals surface area contributed by atoms with Gasteiger partial charge in [-0.3, -0.25) is 4.79 Å². The molecule has 0 radical (unpaired) electrons. The second kappa shape index (κ2) is 9.75. The molecule has 0 unspecified atom stereocenters. The monoisotopic (exact) mass is 472 g/mol. The smallest absolute Gasteiger partial charge is 0.305 e. The first-order chi connectivity index (χ1) is 15.7. The highest BCUT2D eigenvalue weighted by molar-refractivity contribution is 5.69. The molecule has 0 saturated heterocycles. The van der Waals surface area contributed by atoms with Crippen LogP contribution in [0.15, 0.2) is 24.3 Å². The van der Waals surface area contributed by atoms with Crippen LogP contribution in [0.2, 0.25) is 0 Å². The van der Waals surface area contributed by atoms with Crippen LogP contribution in [0.5, 0.6) is 0 Å². The van der Waals surface area contributed by atoms with Crippen molar-refractivity contribution in [2.24, 2.45) is 39.9 Å². The summed E-state index contributed by atoms with van der Waals surface area (Å²) >= 11 is 0. The molecule has 0 aromatic heterocycles. The van der Waals surface area contributed by atoms with Crippen molar-refractivity contribution in [3.8, 4) is 0 Å². The van der Waals surface area contributed by atoms with Gasteiger partial charge in [0.1, 0.15) is 0 Å². The summed E-state index contributed by atoms with van der Waals surface area (Å²) in [6.45, 7) is 22.4. The maximum absolute atomic E-state index is 12.2. The van der Waals surface area contributed by atoms with Crippen molar-refractivity contribution in [3.63, 3.8) is 0 Å². The molecule has 0 amide bonds. The zero-order valence-corrected chi connectivity index (χ0v) is 23.3. The number of allylic oxidation sites excluding steroid dienone is 2. The van der Waals surface area contributed by atoms with E-state index >= 15 is 0 Å². The lowest BCUT2D eigenvalue weighted by Crippen LogP contribution is -2.60. The highest BCUT2D eigenvalue weighted by atomic mass is 16.5. The average Bonchev–Trinajstić information content (AvgIpc) is 3.11. The van der Waals surface area contributed by atoms with Crippen molar-refractivity contribution in [1.29, 1.82) is 0 Å². The van der Waals surface area contributed by atoms with Crippen LogP contribution >= 0.6 is 0 Å². The Labute approximate surface area is 209 Å². The molecule has 34 heavy (non-hydrogen) atoms. The van der Waals surface area contributed by atoms with E-state index in [1.807, 2.05) is 0 Å². The Morgan fingerprint density at radius 3 is 2.26 bits per heavy atom. The molecule has 0 bridgehead atoms. The number of ether oxygens (including phenoxy) is 1. The molecule has 3 nitrogen and oxygen atoms in total. The Bertz CT molecular complexity index is 796. The van der Waals surface area contributed by atoms with Crippen LogP contribution in [0.3, 0.4) is 0 Å². The van der Waals surface area contributed by atoms with E-state index in [0.717, 1.165) is 38.5 Å². The summed E-state index contributed by atoms with van der Waals surface area (Å²) < 4.78 is 5.04. The number of hydrogen-bond donors (Lipinski definition) is 1. The number of hydrogen-bond acceptors (Lipinski definition) is 3. The quantitative estimate of drug-likeness (QED) is 0.274. The van der Waals surface area contributed by atoms with Gasteiger partial charge >= 0.3 is 5.97 Å². The number of carbonyl (C=O) groups is 1. The van der Waals surface area contributed by atoms with Gasteiger partial charge in [0.25, 0.3) is 0 Å². The zero-order chi connectivity index (χ0) is 25.5. The van der Waals surface area contributed by atoms with Crippen molar-refractivity contribution in [3.05, 3.63) is 24.3 Å². The van der Waals surface area contributed by atoms with Gasteiger partial charge in [-0.2, -0.15) is 0 Å². The van der Waals surface area contributed by atoms with Gasteiger partial charge in [-0.15, -0.1) is 6.58 Å². The van der Waals surface area contributed by atoms with Gasteiger partial charge in [-0.05, 0) is 125 Å². The first kappa shape index (κ1) is 27.5. The second-order valence-corrected chi connectivity index (χ2v) is 13.4. The van der Waals surface area contributed by atoms with E-state index in [9.17, 15) is 9.90 Å². The Morgan fingerprint density at radius 2 is 1.68 bits per heavy atom. The molecule has 0 aliphatic heterocycles. The lowest BCUT2D eigenvalue weighted by Gasteiger charge is -2.66. The van der Waals surface area contributed by atoms with Gasteiger partial charge in [0.05, 0.1) is 12.7 Å². The predicted octanol–water partition coefficient (Wildman–Crippen LogP) is 7.88. The molecular weight excluding hydrogens is 420 g/mol. The molecule has 3 heteroatoms. The maximum atomic E-state index is 12.2. The molecule has 3 aliphatic rings. The number of carbonyl (C=O) groups excluding carboxylic acids is 1. The van der Waals surface area contributed by atoms with Crippen LogP contribution in [0.25, 0.3) is 0 Å². The van der Waals surface area contributed by atoms with E-state index in [4.69, 9.17) is 4.74 Å². The first-order valence-corrected chi connectivity index (χ1v) is 13.8. The van der Waals surface area contributed by atoms with Crippen molar-refractivity contribution < 1.29 is 14.6 Å². The van der Waals surface area contributed by atoms with Gasteiger partial charge in [-0.25, -0.2) is 0 Å². The van der Waals surface area contributed by atoms with Gasteiger partial charge in [-0.1, -0.05) is 38.5 Å². The van der Waals surface area contributed by atoms with Gasteiger partial charge in [0, 0.05) is 6.42 Å². The highest BCUT2D eigenvalue weighted by Crippen LogP contribution is 2.74. The van der Waals surface area contributed by atoms with Crippen molar-refractivity contribution >= 4 is 5.97 Å². The molecular formula is C31H52O3. The summed E-state index contributed by atoms with van der Waals surface area (Å²) in [4.78, 5) is 12.2. The number of methoxy groups -OCH3 is 1. The number of rotatable bonds is 9. The molecule has 8 atom stereocenters. The summed E-state index contributed by atoms with van der Waals surface area (Å²) in [5.41, 5.74) is 2.38. The predicted molar refractivity (Wildman–Crippen MR) is 141 cm³/mol. The summed E-state index contributed by atoms with van der Waals surface area (Å²) in [7, 11) is 1.50. The molecule has 1 N–H and O–H groups in total. The lowest BCUT2D eigenvalue weighted by molar-refractivity contribution is -0.179. The van der Waals surface area contributed by atoms with Crippen LogP contribution < -0.4 is 0 Å². The maximum Gasteiger partial charge on any atom is 0.305 e. The SMILES string of the molecule is C=C(C)CCC[C@](C)(O)[C@H]1CC[C@]2(C)[C@@H]1CC[C@@H]1[C@@](C)(CCC(=O)OC)[C@H](C(=C)C)CC[C@]12C. The van der Waals surface area contributed by atoms with E-state index in [0.29, 0.717) is 30.1 Å². The molecule has 0 spiro atoms. The summed E-state index contributed by atoms with van der Waals surface area (Å²) in [5, 5.41) is 11.7. The van der Waals surface area contributed by atoms with Crippen LogP contribution in [-0.4, -0.2) is 23.8 Å². The standard InChI is InChI=1S/C31H52O3/c1-21(2)11-10-17-31(8,33)25-15-19-29(6)24(25)12-13-26-28(5,18-16-27(32)34-9)23(22(3)4)14-20-30(26,29)7/h23-26,33H,1,3,10-20H2,2,4-9H3/t23-,24+,25-,26+,28-,29+,30+,31-/m0/s1. The van der Waals surface area contributed by atoms with Crippen molar-refractivity contribution in [1.82, 2.24) is 0 Å². The molecule has 194 valence electrons. The van der Waals surface area contributed by atoms with Gasteiger partial charge < -0.3 is 9.84 Å². The number of esters is 1. The molecule has 0 heterocycles.